The minimum Gasteiger partial charge on any atom is -0.344 e. The van der Waals surface area contributed by atoms with Crippen LogP contribution in [0, 0.1) is 0 Å². The van der Waals surface area contributed by atoms with E-state index in [2.05, 4.69) is 216 Å². The van der Waals surface area contributed by atoms with Crippen LogP contribution in [0.1, 0.15) is 22.9 Å². The van der Waals surface area contributed by atoms with Crippen molar-refractivity contribution in [2.24, 2.45) is 9.98 Å². The van der Waals surface area contributed by atoms with Crippen LogP contribution >= 0.6 is 0 Å². The molecule has 0 bridgehead atoms. The molecule has 1 aliphatic heterocycles. The predicted molar refractivity (Wildman–Crippen MR) is 256 cm³/mol. The van der Waals surface area contributed by atoms with Crippen LogP contribution in [0.3, 0.4) is 0 Å². The Hall–Kier alpha value is -8.08. The van der Waals surface area contributed by atoms with Gasteiger partial charge >= 0.3 is 0 Å². The predicted octanol–water partition coefficient (Wildman–Crippen LogP) is 14.1. The first-order chi connectivity index (χ1) is 30.2. The van der Waals surface area contributed by atoms with Gasteiger partial charge in [0.2, 0.25) is 0 Å². The number of amidine groups is 2. The summed E-state index contributed by atoms with van der Waals surface area (Å²) < 4.78 is 2.39. The van der Waals surface area contributed by atoms with Crippen LogP contribution < -0.4 is 5.32 Å². The Labute approximate surface area is 353 Å². The van der Waals surface area contributed by atoms with E-state index in [1.165, 1.54) is 65.3 Å². The molecule has 0 spiro atoms. The molecule has 4 heteroatoms. The quantitative estimate of drug-likeness (QED) is 0.168. The van der Waals surface area contributed by atoms with Crippen molar-refractivity contribution < 1.29 is 0 Å². The zero-order chi connectivity index (χ0) is 40.3. The summed E-state index contributed by atoms with van der Waals surface area (Å²) in [4.78, 5) is 10.6. The molecule has 286 valence electrons. The lowest BCUT2D eigenvalue weighted by atomic mass is 9.88. The Morgan fingerprint density at radius 3 is 1.51 bits per heavy atom. The van der Waals surface area contributed by atoms with Gasteiger partial charge in [-0.3, -0.25) is 0 Å². The fourth-order valence-corrected chi connectivity index (χ4v) is 9.36. The van der Waals surface area contributed by atoms with Crippen LogP contribution in [0.2, 0.25) is 0 Å². The third-order valence-corrected chi connectivity index (χ3v) is 12.2. The molecule has 61 heavy (non-hydrogen) atoms. The number of nitrogens with zero attached hydrogens (tertiary/aromatic N) is 3. The highest BCUT2D eigenvalue weighted by Gasteiger charge is 2.25. The SMILES string of the molecule is c1ccc(C2=NC(c3ccccc3)NC(c3cc(-c4ccc5c(c4)c4cc(-c6ccccc6)ccc4n5-c4ccccc4)cc4c5ccccc5c5ccccc5c34)=N2)cc1. The molecule has 1 aromatic heterocycles. The maximum absolute atomic E-state index is 5.39. The molecule has 0 fully saturated rings. The maximum atomic E-state index is 5.39. The van der Waals surface area contributed by atoms with E-state index in [1.54, 1.807) is 0 Å². The van der Waals surface area contributed by atoms with Gasteiger partial charge in [0.05, 0.1) is 11.0 Å². The zero-order valence-corrected chi connectivity index (χ0v) is 33.2. The number of aromatic nitrogens is 1. The second kappa shape index (κ2) is 14.3. The average molecular weight is 779 g/mol. The van der Waals surface area contributed by atoms with Crippen molar-refractivity contribution in [3.05, 3.63) is 235 Å². The standard InChI is InChI=1S/C57H38N4/c1-5-17-37(18-6-1)40-29-31-52-48(33-40)49-34-41(30-32-53(49)61(52)43-23-11-4-12-24-43)42-35-50-46-27-14-13-25-44(46)45-26-15-16-28-47(45)54(50)51(36-42)57-59-55(38-19-7-2-8-20-38)58-56(60-57)39-21-9-3-10-22-39/h1-36,55H,(H,58,59,60). The number of para-hydroxylation sites is 1. The van der Waals surface area contributed by atoms with Crippen molar-refractivity contribution >= 4 is 65.8 Å². The van der Waals surface area contributed by atoms with E-state index in [0.717, 1.165) is 39.3 Å². The van der Waals surface area contributed by atoms with Crippen LogP contribution in [-0.2, 0) is 0 Å². The number of fused-ring (bicyclic) bond motifs is 9. The number of hydrogen-bond donors (Lipinski definition) is 1. The molecular weight excluding hydrogens is 741 g/mol. The second-order valence-electron chi connectivity index (χ2n) is 15.8. The van der Waals surface area contributed by atoms with E-state index >= 15 is 0 Å². The first-order valence-corrected chi connectivity index (χ1v) is 20.9. The van der Waals surface area contributed by atoms with Crippen molar-refractivity contribution in [1.82, 2.24) is 9.88 Å². The summed E-state index contributed by atoms with van der Waals surface area (Å²) in [5.41, 5.74) is 11.2. The van der Waals surface area contributed by atoms with E-state index < -0.39 is 0 Å². The van der Waals surface area contributed by atoms with E-state index in [4.69, 9.17) is 9.98 Å². The van der Waals surface area contributed by atoms with Gasteiger partial charge in [-0.15, -0.1) is 0 Å². The summed E-state index contributed by atoms with van der Waals surface area (Å²) >= 11 is 0. The third kappa shape index (κ3) is 5.91. The molecular formula is C57H38N4. The molecule has 0 amide bonds. The van der Waals surface area contributed by atoms with Gasteiger partial charge in [-0.05, 0) is 103 Å². The molecule has 1 N–H and O–H groups in total. The monoisotopic (exact) mass is 778 g/mol. The Morgan fingerprint density at radius 2 is 0.869 bits per heavy atom. The minimum absolute atomic E-state index is 0.325. The van der Waals surface area contributed by atoms with Crippen LogP contribution in [0.4, 0.5) is 0 Å². The first kappa shape index (κ1) is 34.9. The van der Waals surface area contributed by atoms with Crippen molar-refractivity contribution in [3.8, 4) is 27.9 Å². The summed E-state index contributed by atoms with van der Waals surface area (Å²) in [6.07, 6.45) is -0.325. The van der Waals surface area contributed by atoms with Gasteiger partial charge in [-0.25, -0.2) is 9.98 Å². The summed E-state index contributed by atoms with van der Waals surface area (Å²) in [7, 11) is 0. The molecule has 11 aromatic rings. The highest BCUT2D eigenvalue weighted by molar-refractivity contribution is 6.31. The van der Waals surface area contributed by atoms with Gasteiger partial charge in [-0.1, -0.05) is 170 Å². The smallest absolute Gasteiger partial charge is 0.159 e. The van der Waals surface area contributed by atoms with Gasteiger partial charge in [0.25, 0.3) is 0 Å². The van der Waals surface area contributed by atoms with Gasteiger partial charge in [-0.2, -0.15) is 0 Å². The molecule has 2 heterocycles. The molecule has 0 aliphatic carbocycles. The van der Waals surface area contributed by atoms with Crippen LogP contribution in [-0.4, -0.2) is 16.2 Å². The van der Waals surface area contributed by atoms with Crippen molar-refractivity contribution in [2.75, 3.05) is 0 Å². The average Bonchev–Trinajstić information content (AvgIpc) is 3.67. The van der Waals surface area contributed by atoms with Crippen molar-refractivity contribution in [2.45, 2.75) is 6.17 Å². The second-order valence-corrected chi connectivity index (χ2v) is 15.8. The van der Waals surface area contributed by atoms with Gasteiger partial charge in [0.1, 0.15) is 12.0 Å². The van der Waals surface area contributed by atoms with E-state index in [0.29, 0.717) is 5.84 Å². The molecule has 12 rings (SSSR count). The molecule has 1 aliphatic rings. The Morgan fingerprint density at radius 1 is 0.377 bits per heavy atom. The fourth-order valence-electron chi connectivity index (χ4n) is 9.36. The normalized spacial score (nSPS) is 14.1. The highest BCUT2D eigenvalue weighted by atomic mass is 15.2. The summed E-state index contributed by atoms with van der Waals surface area (Å²) in [6, 6.07) is 78.3. The van der Waals surface area contributed by atoms with E-state index in [-0.39, 0.29) is 6.17 Å². The van der Waals surface area contributed by atoms with Crippen LogP contribution in [0.15, 0.2) is 228 Å². The van der Waals surface area contributed by atoms with Crippen LogP contribution in [0.5, 0.6) is 0 Å². The van der Waals surface area contributed by atoms with E-state index in [1.807, 2.05) is 12.1 Å². The van der Waals surface area contributed by atoms with Crippen molar-refractivity contribution in [3.63, 3.8) is 0 Å². The molecule has 0 saturated carbocycles. The lowest BCUT2D eigenvalue weighted by Gasteiger charge is -2.25. The molecule has 0 saturated heterocycles. The lowest BCUT2D eigenvalue weighted by Crippen LogP contribution is -2.33. The molecule has 10 aromatic carbocycles. The summed E-state index contributed by atoms with van der Waals surface area (Å²) in [6.45, 7) is 0. The van der Waals surface area contributed by atoms with Gasteiger partial charge in [0.15, 0.2) is 5.84 Å². The zero-order valence-electron chi connectivity index (χ0n) is 33.2. The number of aliphatic imine (C=N–C) groups is 2. The van der Waals surface area contributed by atoms with E-state index in [9.17, 15) is 0 Å². The minimum atomic E-state index is -0.325. The number of rotatable bonds is 6. The van der Waals surface area contributed by atoms with Crippen LogP contribution in [0.25, 0.3) is 82.1 Å². The Balaban J connectivity index is 1.14. The largest absolute Gasteiger partial charge is 0.344 e. The molecule has 0 radical (unpaired) electrons. The number of nitrogens with one attached hydrogen (secondary N) is 1. The molecule has 4 nitrogen and oxygen atoms in total. The summed E-state index contributed by atoms with van der Waals surface area (Å²) in [5, 5.41) is 13.4. The molecule has 1 unspecified atom stereocenters. The Bertz CT molecular complexity index is 3530. The third-order valence-electron chi connectivity index (χ3n) is 12.2. The lowest BCUT2D eigenvalue weighted by molar-refractivity contribution is 0.674. The topological polar surface area (TPSA) is 41.7 Å². The number of hydrogen-bond acceptors (Lipinski definition) is 3. The number of benzene rings is 10. The highest BCUT2D eigenvalue weighted by Crippen LogP contribution is 2.42. The van der Waals surface area contributed by atoms with Gasteiger partial charge < -0.3 is 9.88 Å². The summed E-state index contributed by atoms with van der Waals surface area (Å²) in [5.74, 6) is 1.50. The van der Waals surface area contributed by atoms with Crippen molar-refractivity contribution in [1.29, 1.82) is 0 Å². The maximum Gasteiger partial charge on any atom is 0.159 e. The molecule has 1 atom stereocenters. The first-order valence-electron chi connectivity index (χ1n) is 20.9. The fraction of sp³-hybridized carbons (Fsp3) is 0.0175. The van der Waals surface area contributed by atoms with Gasteiger partial charge in [0, 0.05) is 33.0 Å². The Kier molecular flexibility index (Phi) is 8.20.